The standard InChI is InChI=1S/C15H11N3O/c19-15-10-14(17-18-15)11-5-4-8-13(9-11)16-12-6-2-1-3-7-12/h1-10,16H. The van der Waals surface area contributed by atoms with E-state index in [9.17, 15) is 4.79 Å². The van der Waals surface area contributed by atoms with Gasteiger partial charge in [-0.05, 0) is 24.3 Å². The van der Waals surface area contributed by atoms with Crippen LogP contribution in [0, 0.1) is 0 Å². The molecular formula is C15H11N3O. The molecule has 0 bridgehead atoms. The van der Waals surface area contributed by atoms with Crippen LogP contribution in [-0.4, -0.2) is 5.91 Å². The summed E-state index contributed by atoms with van der Waals surface area (Å²) in [5, 5.41) is 10.6. The van der Waals surface area contributed by atoms with Gasteiger partial charge in [0.05, 0.1) is 5.70 Å². The normalized spacial score (nSPS) is 13.5. The van der Waals surface area contributed by atoms with Crippen LogP contribution in [0.5, 0.6) is 0 Å². The van der Waals surface area contributed by atoms with Crippen LogP contribution in [-0.2, 0) is 4.79 Å². The van der Waals surface area contributed by atoms with Gasteiger partial charge in [-0.25, -0.2) is 0 Å². The van der Waals surface area contributed by atoms with Crippen molar-refractivity contribution in [2.45, 2.75) is 0 Å². The van der Waals surface area contributed by atoms with Crippen LogP contribution < -0.4 is 5.32 Å². The SMILES string of the molecule is O=C1C=C(c2cccc(Nc3ccccc3)c2)N=N1. The minimum absolute atomic E-state index is 0.309. The molecule has 1 aliphatic heterocycles. The summed E-state index contributed by atoms with van der Waals surface area (Å²) in [6.45, 7) is 0. The molecule has 0 aliphatic carbocycles. The van der Waals surface area contributed by atoms with Crippen molar-refractivity contribution in [3.8, 4) is 0 Å². The van der Waals surface area contributed by atoms with Gasteiger partial charge in [-0.1, -0.05) is 30.3 Å². The van der Waals surface area contributed by atoms with Gasteiger partial charge in [0.15, 0.2) is 0 Å². The molecule has 92 valence electrons. The molecule has 0 saturated heterocycles. The molecule has 1 aliphatic rings. The third-order valence-corrected chi connectivity index (χ3v) is 2.74. The molecule has 0 aromatic heterocycles. The Morgan fingerprint density at radius 1 is 0.842 bits per heavy atom. The number of rotatable bonds is 3. The van der Waals surface area contributed by atoms with Crippen LogP contribution >= 0.6 is 0 Å². The zero-order valence-corrected chi connectivity index (χ0v) is 10.1. The quantitative estimate of drug-likeness (QED) is 0.900. The summed E-state index contributed by atoms with van der Waals surface area (Å²) in [5.74, 6) is -0.309. The smallest absolute Gasteiger partial charge is 0.290 e. The molecule has 1 amide bonds. The molecule has 1 N–H and O–H groups in total. The predicted molar refractivity (Wildman–Crippen MR) is 74.0 cm³/mol. The first-order valence-electron chi connectivity index (χ1n) is 5.91. The van der Waals surface area contributed by atoms with E-state index < -0.39 is 0 Å². The number of amides is 1. The molecule has 0 saturated carbocycles. The van der Waals surface area contributed by atoms with Crippen molar-refractivity contribution in [1.82, 2.24) is 0 Å². The van der Waals surface area contributed by atoms with Gasteiger partial charge in [-0.3, -0.25) is 4.79 Å². The Morgan fingerprint density at radius 2 is 1.63 bits per heavy atom. The number of anilines is 2. The molecule has 2 aromatic carbocycles. The molecule has 19 heavy (non-hydrogen) atoms. The lowest BCUT2D eigenvalue weighted by molar-refractivity contribution is -0.113. The van der Waals surface area contributed by atoms with Crippen LogP contribution in [0.2, 0.25) is 0 Å². The molecule has 0 unspecified atom stereocenters. The zero-order chi connectivity index (χ0) is 13.1. The Bertz CT molecular complexity index is 675. The number of azo groups is 1. The number of para-hydroxylation sites is 1. The Hall–Kier alpha value is -2.75. The zero-order valence-electron chi connectivity index (χ0n) is 10.1. The van der Waals surface area contributed by atoms with Gasteiger partial charge in [0.2, 0.25) is 0 Å². The van der Waals surface area contributed by atoms with Crippen LogP contribution in [0.4, 0.5) is 11.4 Å². The lowest BCUT2D eigenvalue weighted by Gasteiger charge is -2.07. The molecule has 0 spiro atoms. The monoisotopic (exact) mass is 249 g/mol. The van der Waals surface area contributed by atoms with E-state index in [0.29, 0.717) is 5.70 Å². The minimum Gasteiger partial charge on any atom is -0.356 e. The Morgan fingerprint density at radius 3 is 2.37 bits per heavy atom. The van der Waals surface area contributed by atoms with Gasteiger partial charge >= 0.3 is 0 Å². The fraction of sp³-hybridized carbons (Fsp3) is 0. The second-order valence-electron chi connectivity index (χ2n) is 4.14. The van der Waals surface area contributed by atoms with Crippen molar-refractivity contribution in [2.24, 2.45) is 10.2 Å². The lowest BCUT2D eigenvalue weighted by Crippen LogP contribution is -1.90. The van der Waals surface area contributed by atoms with Crippen molar-refractivity contribution in [1.29, 1.82) is 0 Å². The van der Waals surface area contributed by atoms with Crippen molar-refractivity contribution >= 4 is 23.0 Å². The van der Waals surface area contributed by atoms with E-state index in [1.54, 1.807) is 0 Å². The molecule has 0 radical (unpaired) electrons. The van der Waals surface area contributed by atoms with Crippen molar-refractivity contribution in [3.05, 3.63) is 66.2 Å². The van der Waals surface area contributed by atoms with Gasteiger partial charge in [-0.15, -0.1) is 10.2 Å². The highest BCUT2D eigenvalue weighted by molar-refractivity contribution is 5.98. The number of nitrogens with one attached hydrogen (secondary N) is 1. The van der Waals surface area contributed by atoms with Crippen LogP contribution in [0.25, 0.3) is 5.70 Å². The van der Waals surface area contributed by atoms with Gasteiger partial charge in [0.25, 0.3) is 5.91 Å². The summed E-state index contributed by atoms with van der Waals surface area (Å²) < 4.78 is 0. The van der Waals surface area contributed by atoms with Gasteiger partial charge in [0.1, 0.15) is 0 Å². The number of hydrogen-bond donors (Lipinski definition) is 1. The number of hydrogen-bond acceptors (Lipinski definition) is 3. The third kappa shape index (κ3) is 2.57. The fourth-order valence-electron chi connectivity index (χ4n) is 1.86. The summed E-state index contributed by atoms with van der Waals surface area (Å²) >= 11 is 0. The lowest BCUT2D eigenvalue weighted by atomic mass is 10.1. The van der Waals surface area contributed by atoms with Crippen molar-refractivity contribution in [2.75, 3.05) is 5.32 Å². The molecule has 3 rings (SSSR count). The Balaban J connectivity index is 1.87. The second kappa shape index (κ2) is 4.86. The first-order valence-corrected chi connectivity index (χ1v) is 5.91. The summed E-state index contributed by atoms with van der Waals surface area (Å²) in [4.78, 5) is 11.1. The first kappa shape index (κ1) is 11.3. The number of benzene rings is 2. The van der Waals surface area contributed by atoms with E-state index >= 15 is 0 Å². The van der Waals surface area contributed by atoms with Gasteiger partial charge in [0, 0.05) is 23.0 Å². The van der Waals surface area contributed by atoms with Crippen molar-refractivity contribution in [3.63, 3.8) is 0 Å². The molecule has 0 fully saturated rings. The highest BCUT2D eigenvalue weighted by Gasteiger charge is 2.10. The van der Waals surface area contributed by atoms with E-state index in [0.717, 1.165) is 16.9 Å². The van der Waals surface area contributed by atoms with E-state index in [1.807, 2.05) is 54.6 Å². The largest absolute Gasteiger partial charge is 0.356 e. The van der Waals surface area contributed by atoms with E-state index in [1.165, 1.54) is 6.08 Å². The molecule has 4 nitrogen and oxygen atoms in total. The highest BCUT2D eigenvalue weighted by Crippen LogP contribution is 2.24. The average molecular weight is 249 g/mol. The maximum Gasteiger partial charge on any atom is 0.290 e. The van der Waals surface area contributed by atoms with Crippen LogP contribution in [0.1, 0.15) is 5.56 Å². The molecule has 4 heteroatoms. The van der Waals surface area contributed by atoms with Crippen molar-refractivity contribution < 1.29 is 4.79 Å². The maximum atomic E-state index is 11.1. The maximum absolute atomic E-state index is 11.1. The summed E-state index contributed by atoms with van der Waals surface area (Å²) in [6.07, 6.45) is 1.43. The average Bonchev–Trinajstić information content (AvgIpc) is 2.87. The highest BCUT2D eigenvalue weighted by atomic mass is 16.1. The molecule has 2 aromatic rings. The minimum atomic E-state index is -0.309. The van der Waals surface area contributed by atoms with Gasteiger partial charge < -0.3 is 5.32 Å². The number of nitrogens with zero attached hydrogens (tertiary/aromatic N) is 2. The van der Waals surface area contributed by atoms with Crippen LogP contribution in [0.15, 0.2) is 70.9 Å². The van der Waals surface area contributed by atoms with E-state index in [2.05, 4.69) is 15.5 Å². The summed E-state index contributed by atoms with van der Waals surface area (Å²) in [7, 11) is 0. The molecule has 0 atom stereocenters. The third-order valence-electron chi connectivity index (χ3n) is 2.74. The van der Waals surface area contributed by atoms with E-state index in [-0.39, 0.29) is 5.91 Å². The first-order chi connectivity index (χ1) is 9.31. The Labute approximate surface area is 110 Å². The fourth-order valence-corrected chi connectivity index (χ4v) is 1.86. The number of carbonyl (C=O) groups is 1. The summed E-state index contributed by atoms with van der Waals surface area (Å²) in [5.41, 5.74) is 3.43. The topological polar surface area (TPSA) is 53.8 Å². The number of carbonyl (C=O) groups excluding carboxylic acids is 1. The van der Waals surface area contributed by atoms with Gasteiger partial charge in [-0.2, -0.15) is 0 Å². The van der Waals surface area contributed by atoms with E-state index in [4.69, 9.17) is 0 Å². The Kier molecular flexibility index (Phi) is 2.90. The summed E-state index contributed by atoms with van der Waals surface area (Å²) in [6, 6.07) is 17.6. The predicted octanol–water partition coefficient (Wildman–Crippen LogP) is 3.76. The van der Waals surface area contributed by atoms with Crippen LogP contribution in [0.3, 0.4) is 0 Å². The second-order valence-corrected chi connectivity index (χ2v) is 4.14. The molecule has 1 heterocycles. The molecular weight excluding hydrogens is 238 g/mol.